The fourth-order valence-corrected chi connectivity index (χ4v) is 2.76. The van der Waals surface area contributed by atoms with Crippen molar-refractivity contribution in [2.45, 2.75) is 6.10 Å². The van der Waals surface area contributed by atoms with E-state index in [1.165, 1.54) is 19.2 Å². The van der Waals surface area contributed by atoms with Crippen LogP contribution in [0.25, 0.3) is 0 Å². The van der Waals surface area contributed by atoms with E-state index in [2.05, 4.69) is 15.9 Å². The zero-order valence-electron chi connectivity index (χ0n) is 11.1. The molecular weight excluding hydrogens is 343 g/mol. The van der Waals surface area contributed by atoms with Crippen molar-refractivity contribution in [1.82, 2.24) is 0 Å². The molecule has 0 fully saturated rings. The monoisotopic (exact) mass is 354 g/mol. The second-order valence-corrected chi connectivity index (χ2v) is 5.38. The largest absolute Gasteiger partial charge is 0.497 e. The van der Waals surface area contributed by atoms with E-state index in [0.29, 0.717) is 27.3 Å². The molecule has 0 saturated heterocycles. The third-order valence-electron chi connectivity index (χ3n) is 3.27. The van der Waals surface area contributed by atoms with Crippen LogP contribution >= 0.6 is 15.9 Å². The third-order valence-corrected chi connectivity index (χ3v) is 3.86. The summed E-state index contributed by atoms with van der Waals surface area (Å²) in [5, 5.41) is 10.4. The molecule has 0 bridgehead atoms. The van der Waals surface area contributed by atoms with Crippen molar-refractivity contribution in [2.75, 3.05) is 13.9 Å². The van der Waals surface area contributed by atoms with Gasteiger partial charge in [-0.15, -0.1) is 0 Å². The average Bonchev–Trinajstić information content (AvgIpc) is 2.95. The smallest absolute Gasteiger partial charge is 0.231 e. The van der Waals surface area contributed by atoms with Gasteiger partial charge in [0.15, 0.2) is 11.5 Å². The molecule has 0 aromatic heterocycles. The summed E-state index contributed by atoms with van der Waals surface area (Å²) < 4.78 is 30.2. The van der Waals surface area contributed by atoms with E-state index in [1.807, 2.05) is 0 Å². The van der Waals surface area contributed by atoms with Crippen LogP contribution in [0.4, 0.5) is 4.39 Å². The molecule has 1 aliphatic rings. The average molecular weight is 355 g/mol. The Hall–Kier alpha value is -1.79. The van der Waals surface area contributed by atoms with Gasteiger partial charge in [-0.1, -0.05) is 0 Å². The standard InChI is InChI=1S/C15H12BrFO4/c1-19-9-2-3-10(12(17)6-9)14(18)8-4-11(16)15-13(5-8)20-7-21-15/h2-6,14,18H,7H2,1H3. The first-order valence-electron chi connectivity index (χ1n) is 6.20. The zero-order chi connectivity index (χ0) is 15.0. The summed E-state index contributed by atoms with van der Waals surface area (Å²) in [6, 6.07) is 7.66. The Morgan fingerprint density at radius 1 is 1.29 bits per heavy atom. The molecule has 3 rings (SSSR count). The number of aliphatic hydroxyl groups is 1. The molecule has 0 amide bonds. The molecule has 2 aromatic rings. The zero-order valence-corrected chi connectivity index (χ0v) is 12.7. The number of benzene rings is 2. The van der Waals surface area contributed by atoms with Gasteiger partial charge in [0.25, 0.3) is 0 Å². The summed E-state index contributed by atoms with van der Waals surface area (Å²) in [5.41, 5.74) is 0.678. The van der Waals surface area contributed by atoms with Gasteiger partial charge in [-0.05, 0) is 45.8 Å². The lowest BCUT2D eigenvalue weighted by molar-refractivity contribution is 0.173. The van der Waals surface area contributed by atoms with Crippen LogP contribution in [0, 0.1) is 5.82 Å². The number of methoxy groups -OCH3 is 1. The van der Waals surface area contributed by atoms with E-state index in [-0.39, 0.29) is 12.4 Å². The van der Waals surface area contributed by atoms with Gasteiger partial charge in [-0.25, -0.2) is 4.39 Å². The van der Waals surface area contributed by atoms with Crippen LogP contribution in [0.3, 0.4) is 0 Å². The van der Waals surface area contributed by atoms with Crippen molar-refractivity contribution in [1.29, 1.82) is 0 Å². The molecular formula is C15H12BrFO4. The SMILES string of the molecule is COc1ccc(C(O)c2cc(Br)c3c(c2)OCO3)c(F)c1. The fourth-order valence-electron chi connectivity index (χ4n) is 2.18. The van der Waals surface area contributed by atoms with E-state index >= 15 is 0 Å². The topological polar surface area (TPSA) is 47.9 Å². The Kier molecular flexibility index (Phi) is 3.73. The first-order valence-corrected chi connectivity index (χ1v) is 7.00. The summed E-state index contributed by atoms with van der Waals surface area (Å²) in [6.45, 7) is 0.129. The number of aliphatic hydroxyl groups excluding tert-OH is 1. The maximum Gasteiger partial charge on any atom is 0.231 e. The Balaban J connectivity index is 1.99. The number of hydrogen-bond donors (Lipinski definition) is 1. The lowest BCUT2D eigenvalue weighted by Crippen LogP contribution is -2.03. The van der Waals surface area contributed by atoms with E-state index < -0.39 is 11.9 Å². The van der Waals surface area contributed by atoms with Crippen LogP contribution in [-0.4, -0.2) is 19.0 Å². The highest BCUT2D eigenvalue weighted by Gasteiger charge is 2.22. The summed E-state index contributed by atoms with van der Waals surface area (Å²) in [6.07, 6.45) is -1.11. The van der Waals surface area contributed by atoms with Crippen LogP contribution in [0.1, 0.15) is 17.2 Å². The van der Waals surface area contributed by atoms with Crippen LogP contribution in [-0.2, 0) is 0 Å². The number of halogens is 2. The molecule has 4 nitrogen and oxygen atoms in total. The molecule has 1 aliphatic heterocycles. The fraction of sp³-hybridized carbons (Fsp3) is 0.200. The molecule has 6 heteroatoms. The predicted octanol–water partition coefficient (Wildman–Crippen LogP) is 3.41. The van der Waals surface area contributed by atoms with Gasteiger partial charge in [0.1, 0.15) is 17.7 Å². The minimum atomic E-state index is -1.11. The Bertz CT molecular complexity index is 690. The van der Waals surface area contributed by atoms with E-state index in [4.69, 9.17) is 14.2 Å². The first kappa shape index (κ1) is 14.2. The molecule has 0 aliphatic carbocycles. The quantitative estimate of drug-likeness (QED) is 0.917. The molecule has 21 heavy (non-hydrogen) atoms. The van der Waals surface area contributed by atoms with Gasteiger partial charge < -0.3 is 19.3 Å². The first-order chi connectivity index (χ1) is 10.1. The number of ether oxygens (including phenoxy) is 3. The van der Waals surface area contributed by atoms with Gasteiger partial charge in [-0.3, -0.25) is 0 Å². The Morgan fingerprint density at radius 2 is 2.10 bits per heavy atom. The third kappa shape index (κ3) is 2.56. The highest BCUT2D eigenvalue weighted by Crippen LogP contribution is 2.42. The molecule has 110 valence electrons. The minimum absolute atomic E-state index is 0.129. The van der Waals surface area contributed by atoms with Crippen molar-refractivity contribution < 1.29 is 23.7 Å². The molecule has 1 atom stereocenters. The van der Waals surface area contributed by atoms with Gasteiger partial charge in [0.2, 0.25) is 6.79 Å². The van der Waals surface area contributed by atoms with Crippen molar-refractivity contribution in [3.05, 3.63) is 51.7 Å². The van der Waals surface area contributed by atoms with Crippen molar-refractivity contribution >= 4 is 15.9 Å². The predicted molar refractivity (Wildman–Crippen MR) is 77.3 cm³/mol. The van der Waals surface area contributed by atoms with Crippen LogP contribution in [0.15, 0.2) is 34.8 Å². The maximum absolute atomic E-state index is 14.0. The van der Waals surface area contributed by atoms with Gasteiger partial charge in [-0.2, -0.15) is 0 Å². The normalized spacial score (nSPS) is 14.1. The molecule has 0 radical (unpaired) electrons. The minimum Gasteiger partial charge on any atom is -0.497 e. The highest BCUT2D eigenvalue weighted by molar-refractivity contribution is 9.10. The molecule has 1 N–H and O–H groups in total. The molecule has 0 saturated carbocycles. The number of hydrogen-bond acceptors (Lipinski definition) is 4. The number of fused-ring (bicyclic) bond motifs is 1. The van der Waals surface area contributed by atoms with Crippen molar-refractivity contribution in [3.8, 4) is 17.2 Å². The molecule has 2 aromatic carbocycles. The van der Waals surface area contributed by atoms with E-state index in [0.717, 1.165) is 0 Å². The highest BCUT2D eigenvalue weighted by atomic mass is 79.9. The van der Waals surface area contributed by atoms with E-state index in [9.17, 15) is 9.50 Å². The van der Waals surface area contributed by atoms with E-state index in [1.54, 1.807) is 18.2 Å². The number of rotatable bonds is 3. The molecule has 1 unspecified atom stereocenters. The van der Waals surface area contributed by atoms with Crippen LogP contribution in [0.5, 0.6) is 17.2 Å². The summed E-state index contributed by atoms with van der Waals surface area (Å²) >= 11 is 3.35. The Morgan fingerprint density at radius 3 is 2.81 bits per heavy atom. The maximum atomic E-state index is 14.0. The summed E-state index contributed by atoms with van der Waals surface area (Å²) in [4.78, 5) is 0. The lowest BCUT2D eigenvalue weighted by atomic mass is 10.0. The van der Waals surface area contributed by atoms with Gasteiger partial charge >= 0.3 is 0 Å². The summed E-state index contributed by atoms with van der Waals surface area (Å²) in [7, 11) is 1.46. The van der Waals surface area contributed by atoms with Gasteiger partial charge in [0.05, 0.1) is 11.6 Å². The molecule has 1 heterocycles. The van der Waals surface area contributed by atoms with Crippen LogP contribution < -0.4 is 14.2 Å². The summed E-state index contributed by atoms with van der Waals surface area (Å²) in [5.74, 6) is 0.972. The van der Waals surface area contributed by atoms with Crippen molar-refractivity contribution in [2.24, 2.45) is 0 Å². The second-order valence-electron chi connectivity index (χ2n) is 4.53. The second kappa shape index (κ2) is 5.54. The molecule has 0 spiro atoms. The van der Waals surface area contributed by atoms with Crippen LogP contribution in [0.2, 0.25) is 0 Å². The Labute approximate surface area is 129 Å². The van der Waals surface area contributed by atoms with Crippen molar-refractivity contribution in [3.63, 3.8) is 0 Å². The lowest BCUT2D eigenvalue weighted by Gasteiger charge is -2.14. The van der Waals surface area contributed by atoms with Gasteiger partial charge in [0, 0.05) is 11.6 Å².